The fourth-order valence-electron chi connectivity index (χ4n) is 3.59. The Balaban J connectivity index is 1.47. The minimum absolute atomic E-state index is 0.431. The Bertz CT molecular complexity index is 1270. The van der Waals surface area contributed by atoms with Crippen molar-refractivity contribution in [1.82, 2.24) is 15.2 Å². The van der Waals surface area contributed by atoms with Gasteiger partial charge < -0.3 is 19.5 Å². The molecule has 33 heavy (non-hydrogen) atoms. The van der Waals surface area contributed by atoms with Crippen molar-refractivity contribution in [1.29, 1.82) is 0 Å². The number of nitrogens with zero attached hydrogens (tertiary/aromatic N) is 3. The minimum Gasteiger partial charge on any atom is -0.493 e. The van der Waals surface area contributed by atoms with Crippen molar-refractivity contribution >= 4 is 17.4 Å². The van der Waals surface area contributed by atoms with Gasteiger partial charge in [-0.05, 0) is 36.1 Å². The quantitative estimate of drug-likeness (QED) is 0.387. The molecule has 0 aliphatic carbocycles. The largest absolute Gasteiger partial charge is 0.493 e. The fraction of sp³-hybridized carbons (Fsp3) is 0.160. The number of nitrogens with one attached hydrogen (secondary N) is 1. The number of para-hydroxylation sites is 1. The molecule has 2 heterocycles. The Morgan fingerprint density at radius 2 is 1.79 bits per heavy atom. The van der Waals surface area contributed by atoms with Crippen LogP contribution >= 0.6 is 11.8 Å². The number of aromatic nitrogens is 3. The standard InChI is InChI=1S/C25H22N4O3S/c1-30-21-14-17(12-13-20(21)31-15-16-8-4-3-5-9-16)23-26-19-11-7-6-10-18(19)22-24(32-23)27-25(33-2)29-28-22/h3-14,23,26H,15H2,1-2H3/t23-/m1/s1. The van der Waals surface area contributed by atoms with Gasteiger partial charge in [-0.2, -0.15) is 4.98 Å². The second-order valence-electron chi connectivity index (χ2n) is 7.32. The summed E-state index contributed by atoms with van der Waals surface area (Å²) in [4.78, 5) is 4.56. The number of anilines is 1. The van der Waals surface area contributed by atoms with Crippen LogP contribution in [0.3, 0.4) is 0 Å². The highest BCUT2D eigenvalue weighted by molar-refractivity contribution is 7.98. The lowest BCUT2D eigenvalue weighted by Gasteiger charge is -2.21. The fourth-order valence-corrected chi connectivity index (χ4v) is 3.88. The van der Waals surface area contributed by atoms with Crippen molar-refractivity contribution in [3.63, 3.8) is 0 Å². The molecule has 1 N–H and O–H groups in total. The second-order valence-corrected chi connectivity index (χ2v) is 8.10. The first kappa shape index (κ1) is 21.1. The molecule has 5 rings (SSSR count). The molecular formula is C25H22N4O3S. The van der Waals surface area contributed by atoms with Crippen molar-refractivity contribution in [2.45, 2.75) is 18.0 Å². The van der Waals surface area contributed by atoms with Crippen LogP contribution in [0.25, 0.3) is 11.3 Å². The number of hydrogen-bond acceptors (Lipinski definition) is 8. The third kappa shape index (κ3) is 4.42. The zero-order valence-corrected chi connectivity index (χ0v) is 19.0. The van der Waals surface area contributed by atoms with Crippen LogP contribution in [0.2, 0.25) is 0 Å². The molecule has 166 valence electrons. The highest BCUT2D eigenvalue weighted by atomic mass is 32.2. The van der Waals surface area contributed by atoms with Gasteiger partial charge in [-0.25, -0.2) is 0 Å². The summed E-state index contributed by atoms with van der Waals surface area (Å²) >= 11 is 1.42. The Hall–Kier alpha value is -3.78. The summed E-state index contributed by atoms with van der Waals surface area (Å²) in [5, 5.41) is 12.6. The van der Waals surface area contributed by atoms with E-state index in [0.717, 1.165) is 22.4 Å². The molecule has 8 heteroatoms. The molecule has 0 saturated heterocycles. The topological polar surface area (TPSA) is 78.4 Å². The summed E-state index contributed by atoms with van der Waals surface area (Å²) in [6.45, 7) is 0.454. The molecule has 1 atom stereocenters. The molecular weight excluding hydrogens is 436 g/mol. The molecule has 0 radical (unpaired) electrons. The van der Waals surface area contributed by atoms with E-state index in [1.807, 2.05) is 79.1 Å². The normalized spacial score (nSPS) is 14.2. The predicted octanol–water partition coefficient (Wildman–Crippen LogP) is 5.35. The van der Waals surface area contributed by atoms with Gasteiger partial charge in [0.25, 0.3) is 0 Å². The van der Waals surface area contributed by atoms with Gasteiger partial charge in [-0.1, -0.05) is 60.3 Å². The summed E-state index contributed by atoms with van der Waals surface area (Å²) in [5.74, 6) is 1.71. The first-order valence-corrected chi connectivity index (χ1v) is 11.6. The number of ether oxygens (including phenoxy) is 3. The monoisotopic (exact) mass is 458 g/mol. The van der Waals surface area contributed by atoms with Crippen LogP contribution in [0.15, 0.2) is 78.0 Å². The van der Waals surface area contributed by atoms with Gasteiger partial charge >= 0.3 is 0 Å². The zero-order chi connectivity index (χ0) is 22.6. The van der Waals surface area contributed by atoms with Gasteiger partial charge in [0.2, 0.25) is 11.0 Å². The first-order chi connectivity index (χ1) is 16.2. The lowest BCUT2D eigenvalue weighted by molar-refractivity contribution is 0.224. The number of benzene rings is 3. The molecule has 7 nitrogen and oxygen atoms in total. The molecule has 1 aromatic heterocycles. The molecule has 0 spiro atoms. The van der Waals surface area contributed by atoms with Gasteiger partial charge in [0.15, 0.2) is 23.4 Å². The predicted molar refractivity (Wildman–Crippen MR) is 128 cm³/mol. The van der Waals surface area contributed by atoms with Gasteiger partial charge in [0, 0.05) is 16.8 Å². The Morgan fingerprint density at radius 1 is 0.970 bits per heavy atom. The van der Waals surface area contributed by atoms with Crippen molar-refractivity contribution < 1.29 is 14.2 Å². The SMILES string of the molecule is COc1cc([C@@H]2Nc3ccccc3-c3nnc(SC)nc3O2)ccc1OCc1ccccc1. The number of methoxy groups -OCH3 is 1. The molecule has 3 aromatic carbocycles. The number of hydrogen-bond donors (Lipinski definition) is 1. The van der Waals surface area contributed by atoms with Crippen LogP contribution in [0.1, 0.15) is 17.4 Å². The highest BCUT2D eigenvalue weighted by Crippen LogP contribution is 2.40. The van der Waals surface area contributed by atoms with E-state index in [1.165, 1.54) is 11.8 Å². The molecule has 1 aliphatic rings. The van der Waals surface area contributed by atoms with Gasteiger partial charge in [-0.15, -0.1) is 10.2 Å². The Kier molecular flexibility index (Phi) is 5.99. The zero-order valence-electron chi connectivity index (χ0n) is 18.2. The van der Waals surface area contributed by atoms with E-state index in [2.05, 4.69) is 20.5 Å². The lowest BCUT2D eigenvalue weighted by Crippen LogP contribution is -2.17. The summed E-state index contributed by atoms with van der Waals surface area (Å²) < 4.78 is 17.9. The minimum atomic E-state index is -0.504. The molecule has 4 aromatic rings. The maximum absolute atomic E-state index is 6.30. The maximum atomic E-state index is 6.30. The van der Waals surface area contributed by atoms with Crippen LogP contribution in [-0.4, -0.2) is 28.5 Å². The highest BCUT2D eigenvalue weighted by Gasteiger charge is 2.26. The van der Waals surface area contributed by atoms with Crippen molar-refractivity contribution in [3.8, 4) is 28.6 Å². The van der Waals surface area contributed by atoms with E-state index < -0.39 is 6.23 Å². The van der Waals surface area contributed by atoms with Crippen LogP contribution in [-0.2, 0) is 6.61 Å². The van der Waals surface area contributed by atoms with Crippen molar-refractivity contribution in [2.24, 2.45) is 0 Å². The number of fused-ring (bicyclic) bond motifs is 3. The first-order valence-electron chi connectivity index (χ1n) is 10.4. The summed E-state index contributed by atoms with van der Waals surface area (Å²) in [7, 11) is 1.63. The summed E-state index contributed by atoms with van der Waals surface area (Å²) in [6, 6.07) is 23.7. The third-order valence-electron chi connectivity index (χ3n) is 5.24. The second kappa shape index (κ2) is 9.38. The van der Waals surface area contributed by atoms with Gasteiger partial charge in [0.05, 0.1) is 7.11 Å². The number of thioether (sulfide) groups is 1. The van der Waals surface area contributed by atoms with Crippen LogP contribution < -0.4 is 19.5 Å². The van der Waals surface area contributed by atoms with E-state index in [0.29, 0.717) is 34.8 Å². The summed E-state index contributed by atoms with van der Waals surface area (Å²) in [5.41, 5.74) is 4.33. The molecule has 0 fully saturated rings. The van der Waals surface area contributed by atoms with Crippen LogP contribution in [0.5, 0.6) is 17.4 Å². The third-order valence-corrected chi connectivity index (χ3v) is 5.78. The van der Waals surface area contributed by atoms with Crippen LogP contribution in [0, 0.1) is 0 Å². The average molecular weight is 459 g/mol. The molecule has 0 bridgehead atoms. The maximum Gasteiger partial charge on any atom is 0.247 e. The molecule has 0 saturated carbocycles. The molecule has 0 amide bonds. The van der Waals surface area contributed by atoms with Crippen molar-refractivity contribution in [2.75, 3.05) is 18.7 Å². The Labute approximate surface area is 196 Å². The number of rotatable bonds is 6. The van der Waals surface area contributed by atoms with E-state index >= 15 is 0 Å². The average Bonchev–Trinajstić information content (AvgIpc) is 3.04. The van der Waals surface area contributed by atoms with Gasteiger partial charge in [0.1, 0.15) is 6.61 Å². The smallest absolute Gasteiger partial charge is 0.247 e. The van der Waals surface area contributed by atoms with E-state index in [-0.39, 0.29) is 0 Å². The Morgan fingerprint density at radius 3 is 2.61 bits per heavy atom. The summed E-state index contributed by atoms with van der Waals surface area (Å²) in [6.07, 6.45) is 1.40. The van der Waals surface area contributed by atoms with Crippen molar-refractivity contribution in [3.05, 3.63) is 83.9 Å². The van der Waals surface area contributed by atoms with Gasteiger partial charge in [-0.3, -0.25) is 0 Å². The molecule has 1 aliphatic heterocycles. The van der Waals surface area contributed by atoms with E-state index in [9.17, 15) is 0 Å². The lowest BCUT2D eigenvalue weighted by atomic mass is 10.1. The van der Waals surface area contributed by atoms with Crippen LogP contribution in [0.4, 0.5) is 5.69 Å². The van der Waals surface area contributed by atoms with E-state index in [1.54, 1.807) is 7.11 Å². The van der Waals surface area contributed by atoms with E-state index in [4.69, 9.17) is 14.2 Å². The molecule has 0 unspecified atom stereocenters.